The summed E-state index contributed by atoms with van der Waals surface area (Å²) < 4.78 is 7.23. The van der Waals surface area contributed by atoms with Crippen LogP contribution >= 0.6 is 11.6 Å². The van der Waals surface area contributed by atoms with Gasteiger partial charge in [0.2, 0.25) is 5.28 Å². The van der Waals surface area contributed by atoms with E-state index in [1.54, 1.807) is 4.52 Å². The van der Waals surface area contributed by atoms with Crippen LogP contribution in [0.2, 0.25) is 5.28 Å². The molecule has 6 nitrogen and oxygen atoms in total. The third-order valence-electron chi connectivity index (χ3n) is 4.96. The zero-order valence-corrected chi connectivity index (χ0v) is 13.9. The number of fused-ring (bicyclic) bond motifs is 1. The zero-order valence-electron chi connectivity index (χ0n) is 13.1. The number of hydrogen-bond donors (Lipinski definition) is 1. The van der Waals surface area contributed by atoms with Gasteiger partial charge >= 0.3 is 0 Å². The molecular weight excluding hydrogens is 314 g/mol. The maximum atomic E-state index is 6.02. The van der Waals surface area contributed by atoms with Crippen LogP contribution in [0.15, 0.2) is 18.3 Å². The quantitative estimate of drug-likeness (QED) is 0.933. The molecule has 0 bridgehead atoms. The Morgan fingerprint density at radius 3 is 2.74 bits per heavy atom. The second-order valence-corrected chi connectivity index (χ2v) is 6.70. The molecule has 1 aliphatic heterocycles. The molecule has 3 heterocycles. The molecule has 2 fully saturated rings. The summed E-state index contributed by atoms with van der Waals surface area (Å²) in [6, 6.07) is 5.13. The topological polar surface area (TPSA) is 54.7 Å². The number of morpholine rings is 1. The maximum absolute atomic E-state index is 6.02. The molecule has 1 saturated heterocycles. The van der Waals surface area contributed by atoms with Crippen LogP contribution in [0.25, 0.3) is 5.52 Å². The largest absolute Gasteiger partial charge is 0.379 e. The van der Waals surface area contributed by atoms with Crippen LogP contribution in [0, 0.1) is 0 Å². The molecule has 124 valence electrons. The summed E-state index contributed by atoms with van der Waals surface area (Å²) in [6.45, 7) is 3.91. The molecule has 1 saturated carbocycles. The van der Waals surface area contributed by atoms with Gasteiger partial charge in [0, 0.05) is 31.4 Å². The van der Waals surface area contributed by atoms with E-state index in [9.17, 15) is 0 Å². The second kappa shape index (κ2) is 6.63. The minimum Gasteiger partial charge on any atom is -0.379 e. The normalized spacial score (nSPS) is 26.5. The summed E-state index contributed by atoms with van der Waals surface area (Å²) in [6.07, 6.45) is 6.68. The summed E-state index contributed by atoms with van der Waals surface area (Å²) in [5.41, 5.74) is 0.977. The van der Waals surface area contributed by atoms with Gasteiger partial charge < -0.3 is 10.1 Å². The van der Waals surface area contributed by atoms with Crippen LogP contribution < -0.4 is 5.32 Å². The van der Waals surface area contributed by atoms with Gasteiger partial charge in [-0.25, -0.2) is 4.52 Å². The number of ether oxygens (including phenoxy) is 1. The fraction of sp³-hybridized carbons (Fsp3) is 0.625. The summed E-state index contributed by atoms with van der Waals surface area (Å²) in [7, 11) is 0. The lowest BCUT2D eigenvalue weighted by atomic mass is 9.90. The van der Waals surface area contributed by atoms with Gasteiger partial charge in [0.25, 0.3) is 0 Å². The Morgan fingerprint density at radius 2 is 1.96 bits per heavy atom. The average Bonchev–Trinajstić information content (AvgIpc) is 3.05. The van der Waals surface area contributed by atoms with E-state index in [0.29, 0.717) is 12.1 Å². The molecule has 1 N–H and O–H groups in total. The number of hydrogen-bond acceptors (Lipinski definition) is 5. The molecule has 4 rings (SSSR count). The van der Waals surface area contributed by atoms with Gasteiger partial charge in [0.05, 0.1) is 13.2 Å². The van der Waals surface area contributed by atoms with Crippen molar-refractivity contribution in [2.75, 3.05) is 31.6 Å². The van der Waals surface area contributed by atoms with E-state index in [1.165, 1.54) is 12.8 Å². The average molecular weight is 336 g/mol. The van der Waals surface area contributed by atoms with Crippen molar-refractivity contribution in [3.8, 4) is 0 Å². The van der Waals surface area contributed by atoms with Crippen LogP contribution in [0.3, 0.4) is 0 Å². The van der Waals surface area contributed by atoms with Gasteiger partial charge in [0.15, 0.2) is 5.82 Å². The standard InChI is InChI=1S/C16H22ClN5O/c17-16-19-15(14-2-1-7-22(14)20-16)18-12-3-5-13(6-4-12)21-8-10-23-11-9-21/h1-2,7,12-13H,3-6,8-11H2,(H,18,19,20). The van der Waals surface area contributed by atoms with Gasteiger partial charge in [0.1, 0.15) is 5.52 Å². The molecule has 2 aromatic rings. The lowest BCUT2D eigenvalue weighted by Crippen LogP contribution is -2.46. The first kappa shape index (κ1) is 15.2. The summed E-state index contributed by atoms with van der Waals surface area (Å²) in [4.78, 5) is 6.96. The molecule has 0 atom stereocenters. The third-order valence-corrected chi connectivity index (χ3v) is 5.12. The smallest absolute Gasteiger partial charge is 0.243 e. The third kappa shape index (κ3) is 3.29. The van der Waals surface area contributed by atoms with Gasteiger partial charge in [-0.1, -0.05) is 0 Å². The molecule has 23 heavy (non-hydrogen) atoms. The van der Waals surface area contributed by atoms with E-state index in [2.05, 4.69) is 20.3 Å². The number of aromatic nitrogens is 3. The summed E-state index contributed by atoms with van der Waals surface area (Å²) in [5.74, 6) is 0.838. The van der Waals surface area contributed by atoms with Crippen molar-refractivity contribution in [3.05, 3.63) is 23.6 Å². The van der Waals surface area contributed by atoms with Crippen molar-refractivity contribution in [3.63, 3.8) is 0 Å². The van der Waals surface area contributed by atoms with Gasteiger partial charge in [-0.3, -0.25) is 4.90 Å². The van der Waals surface area contributed by atoms with Gasteiger partial charge in [-0.15, -0.1) is 5.10 Å². The van der Waals surface area contributed by atoms with E-state index >= 15 is 0 Å². The molecule has 0 amide bonds. The summed E-state index contributed by atoms with van der Waals surface area (Å²) in [5, 5.41) is 8.03. The predicted octanol–water partition coefficient (Wildman–Crippen LogP) is 2.44. The summed E-state index contributed by atoms with van der Waals surface area (Å²) >= 11 is 6.02. The highest BCUT2D eigenvalue weighted by atomic mass is 35.5. The number of halogens is 1. The Balaban J connectivity index is 1.39. The molecule has 1 aliphatic carbocycles. The van der Waals surface area contributed by atoms with Crippen molar-refractivity contribution in [2.45, 2.75) is 37.8 Å². The number of rotatable bonds is 3. The fourth-order valence-electron chi connectivity index (χ4n) is 3.74. The lowest BCUT2D eigenvalue weighted by Gasteiger charge is -2.39. The fourth-order valence-corrected chi connectivity index (χ4v) is 3.90. The van der Waals surface area contributed by atoms with Crippen molar-refractivity contribution < 1.29 is 4.74 Å². The van der Waals surface area contributed by atoms with Crippen LogP contribution in [0.5, 0.6) is 0 Å². The second-order valence-electron chi connectivity index (χ2n) is 6.37. The highest BCUT2D eigenvalue weighted by molar-refractivity contribution is 6.28. The first-order chi connectivity index (χ1) is 11.3. The first-order valence-corrected chi connectivity index (χ1v) is 8.76. The SMILES string of the molecule is Clc1nc(NC2CCC(N3CCOCC3)CC2)c2cccn2n1. The van der Waals surface area contributed by atoms with Gasteiger partial charge in [-0.05, 0) is 49.4 Å². The molecule has 0 unspecified atom stereocenters. The highest BCUT2D eigenvalue weighted by Gasteiger charge is 2.27. The number of nitrogens with one attached hydrogen (secondary N) is 1. The molecular formula is C16H22ClN5O. The molecule has 0 aromatic carbocycles. The van der Waals surface area contributed by atoms with Gasteiger partial charge in [-0.2, -0.15) is 4.98 Å². The molecule has 7 heteroatoms. The highest BCUT2D eigenvalue weighted by Crippen LogP contribution is 2.27. The van der Waals surface area contributed by atoms with Crippen molar-refractivity contribution >= 4 is 22.9 Å². The lowest BCUT2D eigenvalue weighted by molar-refractivity contribution is 0.00791. The van der Waals surface area contributed by atoms with Crippen LogP contribution in [-0.4, -0.2) is 57.9 Å². The maximum Gasteiger partial charge on any atom is 0.243 e. The number of anilines is 1. The van der Waals surface area contributed by atoms with Crippen molar-refractivity contribution in [2.24, 2.45) is 0 Å². The Labute approximate surface area is 140 Å². The predicted molar refractivity (Wildman–Crippen MR) is 90.1 cm³/mol. The molecule has 0 radical (unpaired) electrons. The number of nitrogens with zero attached hydrogens (tertiary/aromatic N) is 4. The minimum atomic E-state index is 0.276. The van der Waals surface area contributed by atoms with E-state index in [-0.39, 0.29) is 5.28 Å². The minimum absolute atomic E-state index is 0.276. The van der Waals surface area contributed by atoms with E-state index in [4.69, 9.17) is 16.3 Å². The van der Waals surface area contributed by atoms with Crippen molar-refractivity contribution in [1.29, 1.82) is 0 Å². The molecule has 2 aromatic heterocycles. The van der Waals surface area contributed by atoms with Crippen LogP contribution in [-0.2, 0) is 4.74 Å². The Bertz CT molecular complexity index is 662. The monoisotopic (exact) mass is 335 g/mol. The zero-order chi connectivity index (χ0) is 15.6. The molecule has 2 aliphatic rings. The first-order valence-electron chi connectivity index (χ1n) is 8.39. The van der Waals surface area contributed by atoms with E-state index in [0.717, 1.165) is 50.5 Å². The van der Waals surface area contributed by atoms with Crippen LogP contribution in [0.4, 0.5) is 5.82 Å². The Morgan fingerprint density at radius 1 is 1.17 bits per heavy atom. The van der Waals surface area contributed by atoms with Crippen molar-refractivity contribution in [1.82, 2.24) is 19.5 Å². The Hall–Kier alpha value is -1.37. The van der Waals surface area contributed by atoms with Crippen LogP contribution in [0.1, 0.15) is 25.7 Å². The van der Waals surface area contributed by atoms with E-state index in [1.807, 2.05) is 18.3 Å². The molecule has 0 spiro atoms. The van der Waals surface area contributed by atoms with E-state index < -0.39 is 0 Å². The Kier molecular flexibility index (Phi) is 4.37.